The van der Waals surface area contributed by atoms with E-state index in [1.54, 1.807) is 6.07 Å². The van der Waals surface area contributed by atoms with Gasteiger partial charge in [-0.3, -0.25) is 5.32 Å². The highest BCUT2D eigenvalue weighted by molar-refractivity contribution is 6.04. The highest BCUT2D eigenvalue weighted by Gasteiger charge is 2.29. The molecule has 0 saturated carbocycles. The lowest BCUT2D eigenvalue weighted by Crippen LogP contribution is -2.18. The van der Waals surface area contributed by atoms with E-state index < -0.39 is 12.1 Å². The first-order chi connectivity index (χ1) is 15.1. The molecule has 0 aliphatic heterocycles. The van der Waals surface area contributed by atoms with Crippen molar-refractivity contribution in [1.82, 2.24) is 0 Å². The number of benzene rings is 4. The van der Waals surface area contributed by atoms with Crippen LogP contribution in [0.2, 0.25) is 0 Å². The van der Waals surface area contributed by atoms with Crippen molar-refractivity contribution in [1.29, 1.82) is 0 Å². The van der Waals surface area contributed by atoms with E-state index in [1.807, 2.05) is 48.5 Å². The SMILES string of the molecule is O=C(Nc1cc(C(=O)O)cc2ccccc12)OCC1c2ccccc2-c2ccccc21. The van der Waals surface area contributed by atoms with Gasteiger partial charge in [0.2, 0.25) is 0 Å². The number of carboxylic acids is 1. The molecule has 2 N–H and O–H groups in total. The number of hydrogen-bond donors (Lipinski definition) is 2. The van der Waals surface area contributed by atoms with Crippen molar-refractivity contribution in [3.8, 4) is 11.1 Å². The van der Waals surface area contributed by atoms with E-state index in [4.69, 9.17) is 4.74 Å². The van der Waals surface area contributed by atoms with Crippen LogP contribution in [0.15, 0.2) is 84.9 Å². The number of nitrogens with one attached hydrogen (secondary N) is 1. The molecule has 0 unspecified atom stereocenters. The minimum Gasteiger partial charge on any atom is -0.478 e. The maximum absolute atomic E-state index is 12.6. The molecule has 5 nitrogen and oxygen atoms in total. The Labute approximate surface area is 178 Å². The van der Waals surface area contributed by atoms with Gasteiger partial charge in [0.1, 0.15) is 6.61 Å². The van der Waals surface area contributed by atoms with Crippen LogP contribution in [0.4, 0.5) is 10.5 Å². The predicted octanol–water partition coefficient (Wildman–Crippen LogP) is 5.90. The van der Waals surface area contributed by atoms with E-state index in [-0.39, 0.29) is 18.1 Å². The van der Waals surface area contributed by atoms with Crippen molar-refractivity contribution in [2.24, 2.45) is 0 Å². The third kappa shape index (κ3) is 3.40. The van der Waals surface area contributed by atoms with Gasteiger partial charge in [-0.05, 0) is 39.8 Å². The molecule has 0 bridgehead atoms. The Bertz CT molecular complexity index is 1280. The molecular weight excluding hydrogens is 390 g/mol. The molecule has 1 aliphatic rings. The summed E-state index contributed by atoms with van der Waals surface area (Å²) in [5.74, 6) is -1.10. The maximum atomic E-state index is 12.6. The van der Waals surface area contributed by atoms with Crippen molar-refractivity contribution in [3.63, 3.8) is 0 Å². The average molecular weight is 409 g/mol. The second-order valence-electron chi connectivity index (χ2n) is 7.50. The number of carbonyl (C=O) groups excluding carboxylic acids is 1. The van der Waals surface area contributed by atoms with E-state index in [2.05, 4.69) is 29.6 Å². The van der Waals surface area contributed by atoms with Crippen molar-refractivity contribution in [2.45, 2.75) is 5.92 Å². The second-order valence-corrected chi connectivity index (χ2v) is 7.50. The summed E-state index contributed by atoms with van der Waals surface area (Å²) in [5.41, 5.74) is 5.10. The zero-order chi connectivity index (χ0) is 21.4. The summed E-state index contributed by atoms with van der Waals surface area (Å²) in [6, 6.07) is 26.6. The molecule has 0 fully saturated rings. The Balaban J connectivity index is 1.39. The van der Waals surface area contributed by atoms with Crippen molar-refractivity contribution in [2.75, 3.05) is 11.9 Å². The average Bonchev–Trinajstić information content (AvgIpc) is 3.11. The third-order valence-electron chi connectivity index (χ3n) is 5.69. The fraction of sp³-hybridized carbons (Fsp3) is 0.0769. The first-order valence-corrected chi connectivity index (χ1v) is 10.00. The number of carboxylic acid groups (broad SMARTS) is 1. The first kappa shape index (κ1) is 18.9. The van der Waals surface area contributed by atoms with Gasteiger partial charge < -0.3 is 9.84 Å². The van der Waals surface area contributed by atoms with E-state index in [0.29, 0.717) is 5.69 Å². The summed E-state index contributed by atoms with van der Waals surface area (Å²) >= 11 is 0. The minimum absolute atomic E-state index is 0.0414. The lowest BCUT2D eigenvalue weighted by Gasteiger charge is -2.15. The van der Waals surface area contributed by atoms with Gasteiger partial charge in [0.25, 0.3) is 0 Å². The molecule has 152 valence electrons. The number of rotatable bonds is 4. The Morgan fingerprint density at radius 2 is 1.45 bits per heavy atom. The van der Waals surface area contributed by atoms with E-state index in [9.17, 15) is 14.7 Å². The van der Waals surface area contributed by atoms with Crippen molar-refractivity contribution >= 4 is 28.5 Å². The number of amides is 1. The summed E-state index contributed by atoms with van der Waals surface area (Å²) in [6.45, 7) is 0.191. The van der Waals surface area contributed by atoms with Crippen LogP contribution in [-0.2, 0) is 4.74 Å². The first-order valence-electron chi connectivity index (χ1n) is 10.00. The number of ether oxygens (including phenoxy) is 1. The fourth-order valence-corrected chi connectivity index (χ4v) is 4.28. The molecule has 31 heavy (non-hydrogen) atoms. The molecule has 0 atom stereocenters. The predicted molar refractivity (Wildman–Crippen MR) is 120 cm³/mol. The monoisotopic (exact) mass is 409 g/mol. The van der Waals surface area contributed by atoms with Gasteiger partial charge in [-0.1, -0.05) is 72.8 Å². The summed E-state index contributed by atoms with van der Waals surface area (Å²) in [7, 11) is 0. The Hall–Kier alpha value is -4.12. The quantitative estimate of drug-likeness (QED) is 0.440. The highest BCUT2D eigenvalue weighted by atomic mass is 16.5. The van der Waals surface area contributed by atoms with E-state index in [0.717, 1.165) is 33.0 Å². The molecule has 0 spiro atoms. The Morgan fingerprint density at radius 3 is 2.13 bits per heavy atom. The Kier molecular flexibility index (Phi) is 4.64. The molecule has 4 aromatic rings. The molecule has 5 rings (SSSR count). The van der Waals surface area contributed by atoms with Gasteiger partial charge in [0.15, 0.2) is 0 Å². The summed E-state index contributed by atoms with van der Waals surface area (Å²) < 4.78 is 5.60. The lowest BCUT2D eigenvalue weighted by molar-refractivity contribution is 0.0697. The number of fused-ring (bicyclic) bond motifs is 4. The normalized spacial score (nSPS) is 12.3. The second kappa shape index (κ2) is 7.61. The standard InChI is InChI=1S/C26H19NO4/c28-25(29)17-13-16-7-1-2-8-18(16)24(14-17)27-26(30)31-15-23-21-11-5-3-9-19(21)20-10-4-6-12-22(20)23/h1-14,23H,15H2,(H,27,30)(H,28,29). The Morgan fingerprint density at radius 1 is 0.839 bits per heavy atom. The fourth-order valence-electron chi connectivity index (χ4n) is 4.28. The summed E-state index contributed by atoms with van der Waals surface area (Å²) in [6.07, 6.45) is -0.616. The van der Waals surface area contributed by atoms with Crippen LogP contribution in [-0.4, -0.2) is 23.8 Å². The largest absolute Gasteiger partial charge is 0.478 e. The number of carbonyl (C=O) groups is 2. The topological polar surface area (TPSA) is 75.6 Å². The zero-order valence-electron chi connectivity index (χ0n) is 16.5. The van der Waals surface area contributed by atoms with Gasteiger partial charge in [-0.2, -0.15) is 0 Å². The van der Waals surface area contributed by atoms with Gasteiger partial charge in [-0.15, -0.1) is 0 Å². The lowest BCUT2D eigenvalue weighted by atomic mass is 9.98. The van der Waals surface area contributed by atoms with Crippen LogP contribution in [0.3, 0.4) is 0 Å². The smallest absolute Gasteiger partial charge is 0.411 e. The van der Waals surface area contributed by atoms with Gasteiger partial charge in [-0.25, -0.2) is 9.59 Å². The van der Waals surface area contributed by atoms with Gasteiger partial charge >= 0.3 is 12.1 Å². The number of aromatic carboxylic acids is 1. The maximum Gasteiger partial charge on any atom is 0.411 e. The molecule has 1 aliphatic carbocycles. The van der Waals surface area contributed by atoms with Crippen LogP contribution in [0.1, 0.15) is 27.4 Å². The van der Waals surface area contributed by atoms with Gasteiger partial charge in [0, 0.05) is 11.3 Å². The van der Waals surface area contributed by atoms with E-state index in [1.165, 1.54) is 6.07 Å². The molecule has 0 aromatic heterocycles. The van der Waals surface area contributed by atoms with Gasteiger partial charge in [0.05, 0.1) is 11.3 Å². The van der Waals surface area contributed by atoms with Crippen LogP contribution in [0.5, 0.6) is 0 Å². The van der Waals surface area contributed by atoms with Crippen LogP contribution in [0.25, 0.3) is 21.9 Å². The molecule has 0 radical (unpaired) electrons. The van der Waals surface area contributed by atoms with E-state index >= 15 is 0 Å². The van der Waals surface area contributed by atoms with Crippen molar-refractivity contribution in [3.05, 3.63) is 102 Å². The molecule has 0 saturated heterocycles. The molecular formula is C26H19NO4. The number of hydrogen-bond acceptors (Lipinski definition) is 3. The molecule has 4 aromatic carbocycles. The zero-order valence-corrected chi connectivity index (χ0v) is 16.5. The summed E-state index contributed by atoms with van der Waals surface area (Å²) in [4.78, 5) is 24.1. The molecule has 5 heteroatoms. The molecule has 0 heterocycles. The summed E-state index contributed by atoms with van der Waals surface area (Å²) in [5, 5.41) is 13.6. The van der Waals surface area contributed by atoms with Crippen LogP contribution in [0, 0.1) is 0 Å². The third-order valence-corrected chi connectivity index (χ3v) is 5.69. The van der Waals surface area contributed by atoms with Crippen LogP contribution < -0.4 is 5.32 Å². The molecule has 1 amide bonds. The minimum atomic E-state index is -1.05. The van der Waals surface area contributed by atoms with Crippen LogP contribution >= 0.6 is 0 Å². The number of anilines is 1. The highest BCUT2D eigenvalue weighted by Crippen LogP contribution is 2.44. The van der Waals surface area contributed by atoms with Crippen molar-refractivity contribution < 1.29 is 19.4 Å².